The molecule has 2 aliphatic heterocycles. The number of nitrogens with zero attached hydrogens (tertiary/aromatic N) is 2. The summed E-state index contributed by atoms with van der Waals surface area (Å²) in [6.45, 7) is 3.87. The number of nitrogens with one attached hydrogen (secondary N) is 1. The second-order valence-electron chi connectivity index (χ2n) is 8.05. The van der Waals surface area contributed by atoms with Crippen LogP contribution in [0.5, 0.6) is 11.5 Å². The molecule has 0 aromatic heterocycles. The molecule has 7 nitrogen and oxygen atoms in total. The molecular weight excluding hydrogens is 394 g/mol. The standard InChI is InChI=1S/C24H29N3O4/c1-30-20-9-10-21(22(14-20)31-2)23(28)18-4-3-12-26(16-18)15-17-5-7-19(8-6-17)27-13-11-25-24(27)29/h5-10,14,18H,3-4,11-13,15-16H2,1-2H3,(H,25,29). The van der Waals surface area contributed by atoms with E-state index in [0.717, 1.165) is 38.2 Å². The van der Waals surface area contributed by atoms with Crippen LogP contribution in [-0.4, -0.2) is 57.1 Å². The zero-order chi connectivity index (χ0) is 21.8. The van der Waals surface area contributed by atoms with Crippen LogP contribution in [0.2, 0.25) is 0 Å². The van der Waals surface area contributed by atoms with Crippen molar-refractivity contribution in [2.45, 2.75) is 19.4 Å². The molecule has 31 heavy (non-hydrogen) atoms. The quantitative estimate of drug-likeness (QED) is 0.692. The molecule has 2 aromatic carbocycles. The van der Waals surface area contributed by atoms with Gasteiger partial charge in [0.15, 0.2) is 5.78 Å². The lowest BCUT2D eigenvalue weighted by molar-refractivity contribution is 0.0808. The second-order valence-corrected chi connectivity index (χ2v) is 8.05. The van der Waals surface area contributed by atoms with Gasteiger partial charge in [-0.1, -0.05) is 12.1 Å². The molecule has 0 aliphatic carbocycles. The molecule has 2 aliphatic rings. The Morgan fingerprint density at radius 1 is 1.10 bits per heavy atom. The third-order valence-corrected chi connectivity index (χ3v) is 6.06. The Bertz CT molecular complexity index is 944. The number of Topliss-reactive ketones (excluding diaryl/α,β-unsaturated/α-hetero) is 1. The minimum Gasteiger partial charge on any atom is -0.497 e. The number of amides is 2. The number of urea groups is 1. The van der Waals surface area contributed by atoms with Gasteiger partial charge in [0.25, 0.3) is 0 Å². The first-order chi connectivity index (χ1) is 15.1. The van der Waals surface area contributed by atoms with Gasteiger partial charge in [0.2, 0.25) is 0 Å². The molecule has 0 spiro atoms. The van der Waals surface area contributed by atoms with Crippen molar-refractivity contribution in [2.24, 2.45) is 5.92 Å². The van der Waals surface area contributed by atoms with E-state index in [9.17, 15) is 9.59 Å². The lowest BCUT2D eigenvalue weighted by atomic mass is 9.89. The van der Waals surface area contributed by atoms with Gasteiger partial charge >= 0.3 is 6.03 Å². The van der Waals surface area contributed by atoms with E-state index in [0.29, 0.717) is 30.2 Å². The summed E-state index contributed by atoms with van der Waals surface area (Å²) in [5, 5.41) is 2.82. The van der Waals surface area contributed by atoms with Crippen LogP contribution < -0.4 is 19.7 Å². The Morgan fingerprint density at radius 3 is 2.58 bits per heavy atom. The van der Waals surface area contributed by atoms with Gasteiger partial charge in [-0.2, -0.15) is 0 Å². The summed E-state index contributed by atoms with van der Waals surface area (Å²) in [6, 6.07) is 13.4. The highest BCUT2D eigenvalue weighted by atomic mass is 16.5. The summed E-state index contributed by atoms with van der Waals surface area (Å²) in [5.74, 6) is 1.31. The largest absolute Gasteiger partial charge is 0.497 e. The fourth-order valence-electron chi connectivity index (χ4n) is 4.39. The highest BCUT2D eigenvalue weighted by molar-refractivity contribution is 6.00. The third-order valence-electron chi connectivity index (χ3n) is 6.06. The van der Waals surface area contributed by atoms with E-state index in [1.165, 1.54) is 5.56 Å². The molecule has 1 unspecified atom stereocenters. The number of likely N-dealkylation sites (tertiary alicyclic amines) is 1. The maximum Gasteiger partial charge on any atom is 0.321 e. The van der Waals surface area contributed by atoms with E-state index < -0.39 is 0 Å². The molecule has 0 bridgehead atoms. The molecule has 1 atom stereocenters. The van der Waals surface area contributed by atoms with Gasteiger partial charge in [-0.3, -0.25) is 14.6 Å². The maximum atomic E-state index is 13.2. The predicted molar refractivity (Wildman–Crippen MR) is 119 cm³/mol. The van der Waals surface area contributed by atoms with E-state index >= 15 is 0 Å². The zero-order valence-corrected chi connectivity index (χ0v) is 18.1. The number of ether oxygens (including phenoxy) is 2. The summed E-state index contributed by atoms with van der Waals surface area (Å²) in [6.07, 6.45) is 1.87. The van der Waals surface area contributed by atoms with Gasteiger partial charge in [0, 0.05) is 43.9 Å². The van der Waals surface area contributed by atoms with Crippen LogP contribution in [0.4, 0.5) is 10.5 Å². The first-order valence-corrected chi connectivity index (χ1v) is 10.7. The smallest absolute Gasteiger partial charge is 0.321 e. The molecule has 2 saturated heterocycles. The van der Waals surface area contributed by atoms with Crippen LogP contribution in [-0.2, 0) is 6.54 Å². The van der Waals surface area contributed by atoms with Crippen LogP contribution in [0.15, 0.2) is 42.5 Å². The van der Waals surface area contributed by atoms with Crippen LogP contribution >= 0.6 is 0 Å². The van der Waals surface area contributed by atoms with Crippen molar-refractivity contribution in [2.75, 3.05) is 45.3 Å². The van der Waals surface area contributed by atoms with Gasteiger partial charge in [0.1, 0.15) is 11.5 Å². The molecule has 1 N–H and O–H groups in total. The second kappa shape index (κ2) is 9.39. The van der Waals surface area contributed by atoms with E-state index in [-0.39, 0.29) is 17.7 Å². The first-order valence-electron chi connectivity index (χ1n) is 10.7. The Morgan fingerprint density at radius 2 is 1.90 bits per heavy atom. The van der Waals surface area contributed by atoms with Crippen LogP contribution in [0.25, 0.3) is 0 Å². The van der Waals surface area contributed by atoms with Crippen LogP contribution in [0.1, 0.15) is 28.8 Å². The van der Waals surface area contributed by atoms with Crippen molar-refractivity contribution in [1.82, 2.24) is 10.2 Å². The Kier molecular flexibility index (Phi) is 6.42. The number of methoxy groups -OCH3 is 2. The van der Waals surface area contributed by atoms with E-state index in [1.807, 2.05) is 12.1 Å². The van der Waals surface area contributed by atoms with Crippen molar-refractivity contribution in [1.29, 1.82) is 0 Å². The lowest BCUT2D eigenvalue weighted by Gasteiger charge is -2.32. The molecule has 2 aromatic rings. The lowest BCUT2D eigenvalue weighted by Crippen LogP contribution is -2.38. The Labute approximate surface area is 182 Å². The molecule has 164 valence electrons. The number of anilines is 1. The van der Waals surface area contributed by atoms with Gasteiger partial charge < -0.3 is 14.8 Å². The highest BCUT2D eigenvalue weighted by Gasteiger charge is 2.28. The Balaban J connectivity index is 1.40. The minimum absolute atomic E-state index is 0.0425. The topological polar surface area (TPSA) is 71.1 Å². The van der Waals surface area contributed by atoms with Gasteiger partial charge in [-0.05, 0) is 49.2 Å². The Hall–Kier alpha value is -3.06. The number of hydrogen-bond acceptors (Lipinski definition) is 5. The summed E-state index contributed by atoms with van der Waals surface area (Å²) in [7, 11) is 3.18. The number of hydrogen-bond donors (Lipinski definition) is 1. The predicted octanol–water partition coefficient (Wildman–Crippen LogP) is 3.33. The van der Waals surface area contributed by atoms with Crippen molar-refractivity contribution in [3.05, 3.63) is 53.6 Å². The van der Waals surface area contributed by atoms with Gasteiger partial charge in [0.05, 0.1) is 19.8 Å². The average Bonchev–Trinajstić information content (AvgIpc) is 3.24. The summed E-state index contributed by atoms with van der Waals surface area (Å²) < 4.78 is 10.7. The number of rotatable bonds is 7. The summed E-state index contributed by atoms with van der Waals surface area (Å²) in [4.78, 5) is 29.1. The molecule has 7 heteroatoms. The number of carbonyl (C=O) groups excluding carboxylic acids is 2. The van der Waals surface area contributed by atoms with Crippen molar-refractivity contribution < 1.29 is 19.1 Å². The first kappa shape index (κ1) is 21.2. The monoisotopic (exact) mass is 423 g/mol. The number of ketones is 1. The summed E-state index contributed by atoms with van der Waals surface area (Å²) in [5.41, 5.74) is 2.71. The number of piperidine rings is 1. The minimum atomic E-state index is -0.0522. The van der Waals surface area contributed by atoms with Gasteiger partial charge in [-0.25, -0.2) is 4.79 Å². The van der Waals surface area contributed by atoms with Crippen molar-refractivity contribution in [3.63, 3.8) is 0 Å². The SMILES string of the molecule is COc1ccc(C(=O)C2CCCN(Cc3ccc(N4CCNC4=O)cc3)C2)c(OC)c1. The zero-order valence-electron chi connectivity index (χ0n) is 18.1. The fraction of sp³-hybridized carbons (Fsp3) is 0.417. The molecule has 0 radical (unpaired) electrons. The third kappa shape index (κ3) is 4.66. The van der Waals surface area contributed by atoms with Crippen molar-refractivity contribution >= 4 is 17.5 Å². The molecular formula is C24H29N3O4. The van der Waals surface area contributed by atoms with E-state index in [1.54, 1.807) is 37.3 Å². The number of benzene rings is 2. The molecule has 4 rings (SSSR count). The molecule has 0 saturated carbocycles. The van der Waals surface area contributed by atoms with Crippen LogP contribution in [0, 0.1) is 5.92 Å². The van der Waals surface area contributed by atoms with E-state index in [2.05, 4.69) is 22.3 Å². The maximum absolute atomic E-state index is 13.2. The average molecular weight is 424 g/mol. The fourth-order valence-corrected chi connectivity index (χ4v) is 4.39. The van der Waals surface area contributed by atoms with Crippen molar-refractivity contribution in [3.8, 4) is 11.5 Å². The highest BCUT2D eigenvalue weighted by Crippen LogP contribution is 2.30. The molecule has 2 amide bonds. The number of carbonyl (C=O) groups is 2. The molecule has 2 heterocycles. The van der Waals surface area contributed by atoms with Gasteiger partial charge in [-0.15, -0.1) is 0 Å². The van der Waals surface area contributed by atoms with Crippen LogP contribution in [0.3, 0.4) is 0 Å². The molecule has 2 fully saturated rings. The van der Waals surface area contributed by atoms with E-state index in [4.69, 9.17) is 9.47 Å². The summed E-state index contributed by atoms with van der Waals surface area (Å²) >= 11 is 0. The normalized spacial score (nSPS) is 19.2.